The number of aliphatic hydroxyl groups is 1. The van der Waals surface area contributed by atoms with Gasteiger partial charge in [0, 0.05) is 25.8 Å². The van der Waals surface area contributed by atoms with Crippen LogP contribution in [0.25, 0.3) is 0 Å². The van der Waals surface area contributed by atoms with E-state index in [0.29, 0.717) is 17.9 Å². The number of pyridine rings is 1. The van der Waals surface area contributed by atoms with E-state index in [0.717, 1.165) is 19.4 Å². The van der Waals surface area contributed by atoms with Gasteiger partial charge in [-0.2, -0.15) is 0 Å². The van der Waals surface area contributed by atoms with E-state index in [9.17, 15) is 9.50 Å². The highest BCUT2D eigenvalue weighted by Gasteiger charge is 2.19. The van der Waals surface area contributed by atoms with Gasteiger partial charge in [-0.1, -0.05) is 0 Å². The fourth-order valence-corrected chi connectivity index (χ4v) is 2.11. The largest absolute Gasteiger partial charge is 0.392 e. The second kappa shape index (κ2) is 5.42. The molecule has 0 aliphatic carbocycles. The monoisotopic (exact) mass is 240 g/mol. The van der Waals surface area contributed by atoms with E-state index in [1.54, 1.807) is 0 Å². The maximum absolute atomic E-state index is 13.0. The molecule has 1 aromatic heterocycles. The molecular weight excluding hydrogens is 223 g/mol. The van der Waals surface area contributed by atoms with Crippen molar-refractivity contribution in [2.75, 3.05) is 25.1 Å². The van der Waals surface area contributed by atoms with E-state index >= 15 is 0 Å². The van der Waals surface area contributed by atoms with Gasteiger partial charge >= 0.3 is 0 Å². The molecule has 4 nitrogen and oxygen atoms in total. The van der Waals surface area contributed by atoms with Crippen LogP contribution in [0.15, 0.2) is 12.3 Å². The Balaban J connectivity index is 2.09. The van der Waals surface area contributed by atoms with Crippen molar-refractivity contribution in [1.29, 1.82) is 0 Å². The number of hydrogen-bond donors (Lipinski definition) is 1. The molecule has 0 aromatic carbocycles. The second-order valence-corrected chi connectivity index (χ2v) is 4.31. The van der Waals surface area contributed by atoms with Gasteiger partial charge < -0.3 is 14.7 Å². The number of anilines is 1. The molecule has 17 heavy (non-hydrogen) atoms. The fraction of sp³-hybridized carbons (Fsp3) is 0.583. The van der Waals surface area contributed by atoms with Crippen LogP contribution in [0.4, 0.5) is 10.2 Å². The van der Waals surface area contributed by atoms with Gasteiger partial charge in [-0.3, -0.25) is 0 Å². The Hall–Kier alpha value is -1.20. The number of aliphatic hydroxyl groups excluding tert-OH is 1. The number of likely N-dealkylation sites (N-methyl/N-ethyl adjacent to an activating group) is 1. The Morgan fingerprint density at radius 2 is 2.47 bits per heavy atom. The first-order valence-corrected chi connectivity index (χ1v) is 5.78. The summed E-state index contributed by atoms with van der Waals surface area (Å²) in [4.78, 5) is 5.93. The first-order valence-electron chi connectivity index (χ1n) is 5.78. The Labute approximate surface area is 100 Å². The fourth-order valence-electron chi connectivity index (χ4n) is 2.11. The molecule has 1 aliphatic heterocycles. The smallest absolute Gasteiger partial charge is 0.142 e. The molecule has 1 N–H and O–H groups in total. The van der Waals surface area contributed by atoms with Gasteiger partial charge in [-0.25, -0.2) is 9.37 Å². The van der Waals surface area contributed by atoms with Gasteiger partial charge in [0.1, 0.15) is 11.6 Å². The maximum atomic E-state index is 13.0. The van der Waals surface area contributed by atoms with Crippen LogP contribution in [0, 0.1) is 5.82 Å². The highest BCUT2D eigenvalue weighted by molar-refractivity contribution is 5.45. The molecule has 0 saturated carbocycles. The van der Waals surface area contributed by atoms with Crippen LogP contribution in [-0.4, -0.2) is 36.4 Å². The first kappa shape index (κ1) is 12.3. The minimum Gasteiger partial charge on any atom is -0.392 e. The predicted octanol–water partition coefficient (Wildman–Crippen LogP) is 1.33. The molecule has 0 spiro atoms. The normalized spacial score (nSPS) is 19.6. The van der Waals surface area contributed by atoms with Crippen molar-refractivity contribution >= 4 is 5.82 Å². The van der Waals surface area contributed by atoms with E-state index in [4.69, 9.17) is 4.74 Å². The molecule has 1 saturated heterocycles. The quantitative estimate of drug-likeness (QED) is 0.862. The number of nitrogens with zero attached hydrogens (tertiary/aromatic N) is 2. The van der Waals surface area contributed by atoms with Gasteiger partial charge in [0.15, 0.2) is 0 Å². The molecule has 1 aromatic rings. The van der Waals surface area contributed by atoms with Crippen LogP contribution in [0.2, 0.25) is 0 Å². The SMILES string of the molecule is CN(CC1CCCO1)c1ncc(F)cc1CO. The molecule has 0 radical (unpaired) electrons. The second-order valence-electron chi connectivity index (χ2n) is 4.31. The molecule has 1 fully saturated rings. The first-order chi connectivity index (χ1) is 8.20. The van der Waals surface area contributed by atoms with Crippen molar-refractivity contribution in [1.82, 2.24) is 4.98 Å². The van der Waals surface area contributed by atoms with Crippen LogP contribution in [0.1, 0.15) is 18.4 Å². The van der Waals surface area contributed by atoms with Gasteiger partial charge in [0.25, 0.3) is 0 Å². The van der Waals surface area contributed by atoms with E-state index < -0.39 is 5.82 Å². The van der Waals surface area contributed by atoms with Crippen molar-refractivity contribution < 1.29 is 14.2 Å². The summed E-state index contributed by atoms with van der Waals surface area (Å²) in [5.41, 5.74) is 0.505. The number of hydrogen-bond acceptors (Lipinski definition) is 4. The van der Waals surface area contributed by atoms with Crippen LogP contribution >= 0.6 is 0 Å². The number of rotatable bonds is 4. The number of halogens is 1. The number of aromatic nitrogens is 1. The summed E-state index contributed by atoms with van der Waals surface area (Å²) in [6.45, 7) is 1.31. The van der Waals surface area contributed by atoms with Gasteiger partial charge in [-0.05, 0) is 18.9 Å². The Morgan fingerprint density at radius 1 is 1.65 bits per heavy atom. The molecular formula is C12H17FN2O2. The highest BCUT2D eigenvalue weighted by atomic mass is 19.1. The van der Waals surface area contributed by atoms with E-state index in [-0.39, 0.29) is 12.7 Å². The van der Waals surface area contributed by atoms with Gasteiger partial charge in [0.05, 0.1) is 18.9 Å². The Morgan fingerprint density at radius 3 is 3.12 bits per heavy atom. The molecule has 0 amide bonds. The maximum Gasteiger partial charge on any atom is 0.142 e. The van der Waals surface area contributed by atoms with E-state index in [1.807, 2.05) is 11.9 Å². The molecule has 1 atom stereocenters. The molecule has 2 rings (SSSR count). The van der Waals surface area contributed by atoms with E-state index in [2.05, 4.69) is 4.98 Å². The molecule has 5 heteroatoms. The molecule has 1 aliphatic rings. The topological polar surface area (TPSA) is 45.6 Å². The zero-order valence-electron chi connectivity index (χ0n) is 9.90. The summed E-state index contributed by atoms with van der Waals surface area (Å²) in [5, 5.41) is 9.19. The third-order valence-corrected chi connectivity index (χ3v) is 2.94. The molecule has 1 unspecified atom stereocenters. The van der Waals surface area contributed by atoms with Crippen molar-refractivity contribution in [3.05, 3.63) is 23.6 Å². The summed E-state index contributed by atoms with van der Waals surface area (Å²) >= 11 is 0. The summed E-state index contributed by atoms with van der Waals surface area (Å²) in [6, 6.07) is 1.31. The average Bonchev–Trinajstić information content (AvgIpc) is 2.81. The summed E-state index contributed by atoms with van der Waals surface area (Å²) < 4.78 is 18.5. The van der Waals surface area contributed by atoms with E-state index in [1.165, 1.54) is 12.3 Å². The molecule has 0 bridgehead atoms. The third kappa shape index (κ3) is 2.92. The highest BCUT2D eigenvalue weighted by Crippen LogP contribution is 2.20. The molecule has 94 valence electrons. The third-order valence-electron chi connectivity index (χ3n) is 2.94. The standard InChI is InChI=1S/C12H17FN2O2/c1-15(7-11-3-2-4-17-11)12-9(8-16)5-10(13)6-14-12/h5-6,11,16H,2-4,7-8H2,1H3. The van der Waals surface area contributed by atoms with Gasteiger partial charge in [-0.15, -0.1) is 0 Å². The average molecular weight is 240 g/mol. The van der Waals surface area contributed by atoms with Gasteiger partial charge in [0.2, 0.25) is 0 Å². The summed E-state index contributed by atoms with van der Waals surface area (Å²) in [6.07, 6.45) is 3.50. The predicted molar refractivity (Wildman–Crippen MR) is 62.4 cm³/mol. The van der Waals surface area contributed by atoms with Crippen molar-refractivity contribution in [3.63, 3.8) is 0 Å². The Bertz CT molecular complexity index is 381. The lowest BCUT2D eigenvalue weighted by Crippen LogP contribution is -2.30. The molecule has 2 heterocycles. The summed E-state index contributed by atoms with van der Waals surface area (Å²) in [5.74, 6) is 0.188. The lowest BCUT2D eigenvalue weighted by Gasteiger charge is -2.23. The lowest BCUT2D eigenvalue weighted by atomic mass is 10.2. The van der Waals surface area contributed by atoms with Crippen molar-refractivity contribution in [2.45, 2.75) is 25.6 Å². The minimum atomic E-state index is -0.427. The van der Waals surface area contributed by atoms with Crippen LogP contribution in [0.3, 0.4) is 0 Å². The Kier molecular flexibility index (Phi) is 3.91. The van der Waals surface area contributed by atoms with Crippen molar-refractivity contribution in [3.8, 4) is 0 Å². The van der Waals surface area contributed by atoms with Crippen LogP contribution in [-0.2, 0) is 11.3 Å². The minimum absolute atomic E-state index is 0.207. The summed E-state index contributed by atoms with van der Waals surface area (Å²) in [7, 11) is 1.88. The lowest BCUT2D eigenvalue weighted by molar-refractivity contribution is 0.116. The van der Waals surface area contributed by atoms with Crippen molar-refractivity contribution in [2.24, 2.45) is 0 Å². The zero-order chi connectivity index (χ0) is 12.3. The van der Waals surface area contributed by atoms with Crippen LogP contribution in [0.5, 0.6) is 0 Å². The zero-order valence-corrected chi connectivity index (χ0v) is 9.90. The van der Waals surface area contributed by atoms with Crippen LogP contribution < -0.4 is 4.90 Å². The number of ether oxygens (including phenoxy) is 1.